The highest BCUT2D eigenvalue weighted by Gasteiger charge is 2.41. The Balaban J connectivity index is 6.49. The summed E-state index contributed by atoms with van der Waals surface area (Å²) in [7, 11) is 0. The van der Waals surface area contributed by atoms with Gasteiger partial charge in [-0.25, -0.2) is 0 Å². The van der Waals surface area contributed by atoms with Gasteiger partial charge in [-0.15, -0.1) is 0 Å². The van der Waals surface area contributed by atoms with Crippen LogP contribution >= 0.6 is 0 Å². The zero-order chi connectivity index (χ0) is 110. The molecule has 0 bridgehead atoms. The van der Waals surface area contributed by atoms with Crippen molar-refractivity contribution in [3.63, 3.8) is 0 Å². The maximum absolute atomic E-state index is 14.4. The number of hydrogen-bond donors (Lipinski definition) is 28. The van der Waals surface area contributed by atoms with Crippen LogP contribution in [0.1, 0.15) is 279 Å². The summed E-state index contributed by atoms with van der Waals surface area (Å²) < 4.78 is 0. The lowest BCUT2D eigenvalue weighted by Crippen LogP contribution is -2.61. The number of aliphatic carboxylic acids is 1. The van der Waals surface area contributed by atoms with Crippen molar-refractivity contribution in [3.05, 3.63) is 0 Å². The standard InChI is InChI=1S/C96H179N27O22/c1-19-52(7)73(118-84(132)64(103)37-25-31-43-97)90(138)107-58(13)79(127)104-49-70(124)113-65(38-26-32-44-98)85(133)119-76(55(10)22-4)93(141)110-61(16)82(130)116-68(41-29-35-47-101)88(136)122-74(53(8)20-2)91(139)108-59(14)80(128)105-50-71(125)114-66(39-27-33-45-99)86(134)120-77(56(11)23-5)94(142)111-62(17)83(131)117-69(42-30-36-48-102)89(137)123-75(54(9)21-3)92(140)109-60(15)81(129)106-51-72(126)115-67(40-28-34-46-100)87(135)121-78(57(12)24-6)95(143)112-63(18)96(144)145/h52-69,73-78H,19-51,97-103H2,1-18H3,(H,104,127)(H,105,128)(H,106,129)(H,107,138)(H,108,139)(H,109,140)(H,110,141)(H,111,142)(H,112,143)(H,113,124)(H,114,125)(H,115,126)(H,116,130)(H,117,131)(H,118,132)(H,119,133)(H,120,134)(H,121,135)(H,122,136)(H,123,137)(H,144,145). The largest absolute Gasteiger partial charge is 0.480 e. The zero-order valence-electron chi connectivity index (χ0n) is 88.8. The summed E-state index contributed by atoms with van der Waals surface area (Å²) in [5, 5.41) is 61.3. The highest BCUT2D eigenvalue weighted by molar-refractivity contribution is 6.02. The first-order valence-corrected chi connectivity index (χ1v) is 51.6. The third-order valence-electron chi connectivity index (χ3n) is 25.8. The van der Waals surface area contributed by atoms with Gasteiger partial charge in [0.2, 0.25) is 118 Å². The molecule has 0 aromatic heterocycles. The van der Waals surface area contributed by atoms with E-state index in [4.69, 9.17) is 40.1 Å². The molecule has 0 aliphatic heterocycles. The molecule has 0 radical (unpaired) electrons. The molecule has 0 saturated heterocycles. The number of unbranched alkanes of at least 4 members (excludes halogenated alkanes) is 6. The predicted octanol–water partition coefficient (Wildman–Crippen LogP) is -4.84. The van der Waals surface area contributed by atoms with Gasteiger partial charge in [0.05, 0.1) is 25.7 Å². The van der Waals surface area contributed by atoms with Gasteiger partial charge in [0.15, 0.2) is 0 Å². The highest BCUT2D eigenvalue weighted by Crippen LogP contribution is 2.19. The van der Waals surface area contributed by atoms with Gasteiger partial charge in [-0.05, 0) is 225 Å². The highest BCUT2D eigenvalue weighted by atomic mass is 16.4. The average Bonchev–Trinajstić information content (AvgIpc) is 0.849. The Hall–Kier alpha value is -11.4. The van der Waals surface area contributed by atoms with Crippen LogP contribution in [0, 0.1) is 35.5 Å². The third kappa shape index (κ3) is 51.5. The maximum Gasteiger partial charge on any atom is 0.325 e. The normalized spacial score (nSPS) is 16.2. The SMILES string of the molecule is CCC(C)C(NC(=O)C(N)CCCCN)C(=O)NC(C)C(=O)NCC(=O)NC(CCCCN)C(=O)NC(C(=O)NC(C)C(=O)NC(CCCCN)C(=O)NC(C(=O)NC(C)C(=O)NCC(=O)NC(CCCCN)C(=O)NC(C(=O)NC(C)C(=O)NC(CCCCN)C(=O)NC(C(=O)NC(C)C(=O)NCC(=O)NC(CCCCN)C(=O)NC(C(=O)NC(C)C(=O)O)C(C)CC)C(C)CC)C(C)CC)C(C)CC)C(C)CC. The van der Waals surface area contributed by atoms with Gasteiger partial charge in [0, 0.05) is 0 Å². The van der Waals surface area contributed by atoms with E-state index >= 15 is 0 Å². The van der Waals surface area contributed by atoms with Crippen molar-refractivity contribution in [2.75, 3.05) is 58.9 Å². The molecule has 0 fully saturated rings. The van der Waals surface area contributed by atoms with Crippen LogP contribution in [0.3, 0.4) is 0 Å². The van der Waals surface area contributed by atoms with Gasteiger partial charge in [-0.3, -0.25) is 101 Å². The molecule has 24 atom stereocenters. The molecular weight excluding hydrogens is 1880 g/mol. The minimum Gasteiger partial charge on any atom is -0.480 e. The first-order valence-electron chi connectivity index (χ1n) is 51.6. The zero-order valence-corrected chi connectivity index (χ0v) is 88.8. The number of hydrogen-bond acceptors (Lipinski definition) is 28. The van der Waals surface area contributed by atoms with Crippen LogP contribution in [0.2, 0.25) is 0 Å². The summed E-state index contributed by atoms with van der Waals surface area (Å²) in [5.74, 6) is -20.3. The molecule has 0 saturated carbocycles. The second-order valence-corrected chi connectivity index (χ2v) is 37.9. The van der Waals surface area contributed by atoms with Crippen molar-refractivity contribution in [2.24, 2.45) is 75.6 Å². The van der Waals surface area contributed by atoms with Crippen molar-refractivity contribution in [1.29, 1.82) is 0 Å². The Labute approximate surface area is 854 Å². The van der Waals surface area contributed by atoms with Crippen LogP contribution < -0.4 is 146 Å². The topological polar surface area (TPSA) is 801 Å². The first kappa shape index (κ1) is 134. The number of carbonyl (C=O) groups is 21. The Morgan fingerprint density at radius 1 is 0.200 bits per heavy atom. The number of rotatable bonds is 77. The van der Waals surface area contributed by atoms with Gasteiger partial charge in [-0.2, -0.15) is 0 Å². The Morgan fingerprint density at radius 3 is 0.559 bits per heavy atom. The fourth-order valence-corrected chi connectivity index (χ4v) is 14.7. The predicted molar refractivity (Wildman–Crippen MR) is 546 cm³/mol. The van der Waals surface area contributed by atoms with E-state index in [1.165, 1.54) is 41.5 Å². The molecule has 24 unspecified atom stereocenters. The number of carboxylic acid groups (broad SMARTS) is 1. The summed E-state index contributed by atoms with van der Waals surface area (Å²) in [6, 6.07) is -22.7. The quantitative estimate of drug-likeness (QED) is 0.0254. The van der Waals surface area contributed by atoms with E-state index < -0.39 is 282 Å². The van der Waals surface area contributed by atoms with E-state index in [9.17, 15) is 106 Å². The first-order chi connectivity index (χ1) is 68.4. The average molecular weight is 2060 g/mol. The smallest absolute Gasteiger partial charge is 0.325 e. The van der Waals surface area contributed by atoms with Crippen molar-refractivity contribution in [3.8, 4) is 0 Å². The van der Waals surface area contributed by atoms with Crippen LogP contribution in [-0.4, -0.2) is 297 Å². The number of carboxylic acids is 1. The van der Waals surface area contributed by atoms with Crippen molar-refractivity contribution >= 4 is 124 Å². The van der Waals surface area contributed by atoms with Gasteiger partial charge < -0.3 is 152 Å². The Morgan fingerprint density at radius 2 is 0.372 bits per heavy atom. The van der Waals surface area contributed by atoms with Crippen LogP contribution in [-0.2, 0) is 101 Å². The van der Waals surface area contributed by atoms with Crippen LogP contribution in [0.15, 0.2) is 0 Å². The molecule has 0 heterocycles. The van der Waals surface area contributed by atoms with Crippen LogP contribution in [0.25, 0.3) is 0 Å². The van der Waals surface area contributed by atoms with E-state index in [-0.39, 0.29) is 70.7 Å². The summed E-state index contributed by atoms with van der Waals surface area (Å²) in [5.41, 5.74) is 40.6. The fourth-order valence-electron chi connectivity index (χ4n) is 14.7. The summed E-state index contributed by atoms with van der Waals surface area (Å²) in [6.07, 6.45) is 7.77. The van der Waals surface area contributed by atoms with Gasteiger partial charge >= 0.3 is 5.97 Å². The van der Waals surface area contributed by atoms with Crippen molar-refractivity contribution in [1.82, 2.24) is 106 Å². The lowest BCUT2D eigenvalue weighted by atomic mass is 9.96. The molecule has 0 aliphatic carbocycles. The third-order valence-corrected chi connectivity index (χ3v) is 25.8. The summed E-state index contributed by atoms with van der Waals surface area (Å²) in [4.78, 5) is 289. The monoisotopic (exact) mass is 2060 g/mol. The minimum atomic E-state index is -1.37. The molecule has 49 nitrogen and oxygen atoms in total. The van der Waals surface area contributed by atoms with Crippen LogP contribution in [0.5, 0.6) is 0 Å². The van der Waals surface area contributed by atoms with E-state index in [1.54, 1.807) is 76.2 Å². The molecule has 0 aliphatic rings. The number of amides is 20. The molecular formula is C96H179N27O22. The van der Waals surface area contributed by atoms with E-state index in [0.717, 1.165) is 0 Å². The minimum absolute atomic E-state index is 0.00193. The molecule has 0 spiro atoms. The van der Waals surface area contributed by atoms with Crippen molar-refractivity contribution in [2.45, 2.75) is 387 Å². The number of nitrogens with two attached hydrogens (primary N) is 7. The van der Waals surface area contributed by atoms with Crippen LogP contribution in [0.4, 0.5) is 0 Å². The molecule has 0 rings (SSSR count). The second-order valence-electron chi connectivity index (χ2n) is 37.9. The van der Waals surface area contributed by atoms with Gasteiger partial charge in [0.1, 0.15) is 103 Å². The number of carbonyl (C=O) groups excluding carboxylic acids is 20. The van der Waals surface area contributed by atoms with E-state index in [0.29, 0.717) is 129 Å². The van der Waals surface area contributed by atoms with Gasteiger partial charge in [-0.1, -0.05) is 128 Å². The van der Waals surface area contributed by atoms with E-state index in [1.807, 2.05) is 6.92 Å². The molecule has 20 amide bonds. The van der Waals surface area contributed by atoms with E-state index in [2.05, 4.69) is 106 Å². The fraction of sp³-hybridized carbons (Fsp3) is 0.781. The molecule has 49 heteroatoms. The molecule has 0 aromatic rings. The lowest BCUT2D eigenvalue weighted by Gasteiger charge is -2.29. The second kappa shape index (κ2) is 73.6. The Bertz CT molecular complexity index is 4100. The molecule has 0 aromatic carbocycles. The summed E-state index contributed by atoms with van der Waals surface area (Å²) >= 11 is 0. The molecule has 35 N–H and O–H groups in total. The molecule has 830 valence electrons. The molecule has 145 heavy (non-hydrogen) atoms. The van der Waals surface area contributed by atoms with Gasteiger partial charge in [0.25, 0.3) is 0 Å². The summed E-state index contributed by atoms with van der Waals surface area (Å²) in [6.45, 7) is 28.2. The number of nitrogens with one attached hydrogen (secondary N) is 20. The Kier molecular flexibility index (Phi) is 67.8. The van der Waals surface area contributed by atoms with Crippen molar-refractivity contribution < 1.29 is 106 Å². The maximum atomic E-state index is 14.4. The lowest BCUT2D eigenvalue weighted by molar-refractivity contribution is -0.142.